The van der Waals surface area contributed by atoms with Gasteiger partial charge >= 0.3 is 315 Å². The summed E-state index contributed by atoms with van der Waals surface area (Å²) in [6.07, 6.45) is 43.7. The molecule has 0 N–H and O–H groups in total. The number of fused-ring (bicyclic) bond motifs is 5. The van der Waals surface area contributed by atoms with Crippen LogP contribution in [0, 0.1) is 26.7 Å². The molecule has 86 heavy (non-hydrogen) atoms. The molecule has 1 aliphatic heterocycles. The first kappa shape index (κ1) is 64.8. The fourth-order valence-electron chi connectivity index (χ4n) is 13.8. The molecule has 0 amide bonds. The molecule has 10 rings (SSSR count). The first-order valence-corrected chi connectivity index (χ1v) is 38.9. The molecule has 460 valence electrons. The van der Waals surface area contributed by atoms with Crippen LogP contribution in [0.15, 0.2) is 68.8 Å². The molecule has 0 bridgehead atoms. The van der Waals surface area contributed by atoms with Gasteiger partial charge in [0.1, 0.15) is 5.01 Å². The van der Waals surface area contributed by atoms with Gasteiger partial charge in [-0.05, 0) is 42.5 Å². The van der Waals surface area contributed by atoms with E-state index in [9.17, 15) is 0 Å². The van der Waals surface area contributed by atoms with Crippen LogP contribution in [0.1, 0.15) is 259 Å². The molecule has 0 saturated heterocycles. The Morgan fingerprint density at radius 3 is 1.52 bits per heavy atom. The number of thiazole rings is 2. The van der Waals surface area contributed by atoms with Crippen LogP contribution in [-0.4, -0.2) is 39.5 Å². The number of hydrogen-bond donors (Lipinski definition) is 0. The second-order valence-electron chi connectivity index (χ2n) is 25.5. The average molecular weight is 1290 g/mol. The van der Waals surface area contributed by atoms with Crippen LogP contribution in [0.4, 0.5) is 11.4 Å². The number of hydrogen-bond acceptors (Lipinski definition) is 10. The molecule has 12 heteroatoms. The summed E-state index contributed by atoms with van der Waals surface area (Å²) in [4.78, 5) is 20.1. The summed E-state index contributed by atoms with van der Waals surface area (Å²) in [5.74, 6) is 0.549. The molecule has 0 fully saturated rings. The summed E-state index contributed by atoms with van der Waals surface area (Å²) in [6.45, 7) is 19.1. The van der Waals surface area contributed by atoms with Crippen LogP contribution in [0.25, 0.3) is 73.9 Å². The Bertz CT molecular complexity index is 3510. The second-order valence-corrected chi connectivity index (χ2v) is 31.2. The van der Waals surface area contributed by atoms with Crippen molar-refractivity contribution in [1.29, 1.82) is 0 Å². The van der Waals surface area contributed by atoms with Crippen LogP contribution >= 0.6 is 45.3 Å². The van der Waals surface area contributed by atoms with E-state index in [0.29, 0.717) is 5.92 Å². The molecule has 0 radical (unpaired) electrons. The van der Waals surface area contributed by atoms with Crippen molar-refractivity contribution in [1.82, 2.24) is 25.0 Å². The van der Waals surface area contributed by atoms with E-state index in [1.807, 2.05) is 51.5 Å². The fraction of sp³-hybridized carbons (Fsp3) is 0.568. The number of aryl methyl sites for hydroxylation is 4. The SMILES string of the molecule is CCCCCCCCc1cc(-c2c3c(c(-c4cc(C)c(C)s4)c4nn(CC(CCCC)CCCCCCCC)nc24)N=[Se]=N3)sc1-c1cnc(-c2ccc3c(c2)C(CCCCCCCC)(CCCCCCCC)c2cc(-c4ncc(C)s4)ccc2-3)s1. The first-order valence-electron chi connectivity index (χ1n) is 34.1. The van der Waals surface area contributed by atoms with Crippen LogP contribution in [-0.2, 0) is 18.4 Å². The molecule has 7 nitrogen and oxygen atoms in total. The van der Waals surface area contributed by atoms with E-state index < -0.39 is 0 Å². The van der Waals surface area contributed by atoms with Gasteiger partial charge in [-0.2, -0.15) is 0 Å². The zero-order valence-electron chi connectivity index (χ0n) is 53.7. The molecular formula is C74H99N7S4Se. The summed E-state index contributed by atoms with van der Waals surface area (Å²) >= 11 is 7.26. The van der Waals surface area contributed by atoms with Crippen molar-refractivity contribution < 1.29 is 0 Å². The third-order valence-corrected chi connectivity index (χ3v) is 24.5. The van der Waals surface area contributed by atoms with Crippen LogP contribution in [0.3, 0.4) is 0 Å². The molecule has 3 aromatic carbocycles. The second kappa shape index (κ2) is 32.0. The first-order chi connectivity index (χ1) is 42.2. The van der Waals surface area contributed by atoms with Gasteiger partial charge in [0.2, 0.25) is 0 Å². The van der Waals surface area contributed by atoms with Crippen molar-refractivity contribution in [2.45, 2.75) is 266 Å². The minimum absolute atomic E-state index is 0.0569. The van der Waals surface area contributed by atoms with Gasteiger partial charge in [-0.25, -0.2) is 4.98 Å². The monoisotopic (exact) mass is 1290 g/mol. The molecule has 8 aromatic rings. The zero-order valence-corrected chi connectivity index (χ0v) is 58.6. The molecule has 6 heterocycles. The van der Waals surface area contributed by atoms with Gasteiger partial charge in [0, 0.05) is 22.1 Å². The quantitative estimate of drug-likeness (QED) is 0.0285. The van der Waals surface area contributed by atoms with E-state index >= 15 is 0 Å². The fourth-order valence-corrected chi connectivity index (χ4v) is 19.1. The van der Waals surface area contributed by atoms with Gasteiger partial charge in [0.05, 0.1) is 0 Å². The molecule has 5 aromatic heterocycles. The molecule has 0 saturated carbocycles. The van der Waals surface area contributed by atoms with Crippen molar-refractivity contribution in [2.24, 2.45) is 13.8 Å². The Morgan fingerprint density at radius 2 is 0.988 bits per heavy atom. The van der Waals surface area contributed by atoms with Crippen LogP contribution in [0.2, 0.25) is 0 Å². The number of thiophene rings is 2. The maximum absolute atomic E-state index is 5.61. The van der Waals surface area contributed by atoms with E-state index in [4.69, 9.17) is 28.1 Å². The van der Waals surface area contributed by atoms with Crippen LogP contribution < -0.4 is 0 Å². The third kappa shape index (κ3) is 15.3. The Labute approximate surface area is 539 Å². The van der Waals surface area contributed by atoms with E-state index in [2.05, 4.69) is 115 Å². The summed E-state index contributed by atoms with van der Waals surface area (Å²) in [7, 11) is 0. The zero-order chi connectivity index (χ0) is 59.8. The normalized spacial score (nSPS) is 13.5. The number of aromatic nitrogens is 5. The third-order valence-electron chi connectivity index (χ3n) is 18.8. The van der Waals surface area contributed by atoms with Crippen molar-refractivity contribution in [3.63, 3.8) is 0 Å². The van der Waals surface area contributed by atoms with E-state index in [1.54, 1.807) is 0 Å². The van der Waals surface area contributed by atoms with Gasteiger partial charge < -0.3 is 0 Å². The Morgan fingerprint density at radius 1 is 0.488 bits per heavy atom. The molecular weight excluding hydrogens is 1190 g/mol. The molecule has 1 unspecified atom stereocenters. The van der Waals surface area contributed by atoms with E-state index in [1.165, 1.54) is 266 Å². The molecule has 1 atom stereocenters. The van der Waals surface area contributed by atoms with Gasteiger partial charge in [-0.1, -0.05) is 143 Å². The maximum atomic E-state index is 5.61. The number of rotatable bonds is 38. The van der Waals surface area contributed by atoms with Gasteiger partial charge in [0.25, 0.3) is 0 Å². The Balaban J connectivity index is 1.05. The number of nitrogens with zero attached hydrogens (tertiary/aromatic N) is 7. The Hall–Kier alpha value is -4.16. The number of unbranched alkanes of at least 4 members (excludes halogenated alkanes) is 21. The van der Waals surface area contributed by atoms with E-state index in [0.717, 1.165) is 56.5 Å². The van der Waals surface area contributed by atoms with Crippen molar-refractivity contribution in [2.75, 3.05) is 0 Å². The average Bonchev–Trinajstić information content (AvgIpc) is 1.70. The molecule has 2 aliphatic rings. The standard InChI is InChI=1S/C74H99N7S4Se/c1-9-14-19-23-27-31-36-54(35-18-13-5)50-81-77-67-65(62-44-51(6)53(8)83-62)69-70(80-86-79-69)66(68(67)78-81)63-47-55(37-32-28-24-20-15-10-2)71(84-63)64-49-76-73(85-64)57-39-41-59-58-40-38-56(72-75-48-52(7)82-72)45-60(58)74(61(59)46-57,42-33-29-25-21-16-11-3)43-34-30-26-22-17-12-4/h38-41,44-49,54H,9-37,42-43,50H2,1-8H3. The topological polar surface area (TPSA) is 81.2 Å². The summed E-state index contributed by atoms with van der Waals surface area (Å²) in [6, 6.07) is 19.7. The van der Waals surface area contributed by atoms with Gasteiger partial charge in [-0.3, -0.25) is 0 Å². The summed E-state index contributed by atoms with van der Waals surface area (Å²) < 4.78 is 10.6. The van der Waals surface area contributed by atoms with Gasteiger partial charge in [0.15, 0.2) is 0 Å². The van der Waals surface area contributed by atoms with Crippen molar-refractivity contribution in [3.8, 4) is 62.9 Å². The van der Waals surface area contributed by atoms with Crippen molar-refractivity contribution in [3.05, 3.63) is 92.9 Å². The Kier molecular flexibility index (Phi) is 24.1. The minimum atomic E-state index is -0.237. The van der Waals surface area contributed by atoms with Gasteiger partial charge in [-0.15, -0.1) is 11.3 Å². The predicted molar refractivity (Wildman–Crippen MR) is 376 cm³/mol. The molecule has 0 spiro atoms. The van der Waals surface area contributed by atoms with Crippen LogP contribution in [0.5, 0.6) is 0 Å². The predicted octanol–water partition coefficient (Wildman–Crippen LogP) is 25.3. The number of benzene rings is 3. The summed E-state index contributed by atoms with van der Waals surface area (Å²) in [5, 5.41) is 13.4. The van der Waals surface area contributed by atoms with E-state index in [-0.39, 0.29) is 20.0 Å². The summed E-state index contributed by atoms with van der Waals surface area (Å²) in [5.41, 5.74) is 17.3. The molecule has 1 aliphatic carbocycles. The van der Waals surface area contributed by atoms with Crippen molar-refractivity contribution >= 4 is 82.3 Å².